The van der Waals surface area contributed by atoms with E-state index in [2.05, 4.69) is 5.32 Å². The predicted molar refractivity (Wildman–Crippen MR) is 81.7 cm³/mol. The van der Waals surface area contributed by atoms with Crippen molar-refractivity contribution in [3.63, 3.8) is 0 Å². The molecular formula is C15H12Cl2FNO2. The van der Waals surface area contributed by atoms with Crippen molar-refractivity contribution in [2.45, 2.75) is 6.92 Å². The van der Waals surface area contributed by atoms with E-state index in [4.69, 9.17) is 27.9 Å². The number of nitrogens with one attached hydrogen (secondary N) is 1. The maximum atomic E-state index is 13.6. The van der Waals surface area contributed by atoms with Crippen molar-refractivity contribution in [1.82, 2.24) is 0 Å². The molecule has 2 aromatic rings. The summed E-state index contributed by atoms with van der Waals surface area (Å²) in [6.07, 6.45) is 0. The van der Waals surface area contributed by atoms with Gasteiger partial charge in [0.25, 0.3) is 5.91 Å². The van der Waals surface area contributed by atoms with Gasteiger partial charge in [-0.25, -0.2) is 4.39 Å². The molecule has 21 heavy (non-hydrogen) atoms. The lowest BCUT2D eigenvalue weighted by Gasteiger charge is -2.10. The molecule has 0 atom stereocenters. The Balaban J connectivity index is 1.97. The van der Waals surface area contributed by atoms with Crippen LogP contribution in [-0.2, 0) is 4.79 Å². The van der Waals surface area contributed by atoms with Crippen molar-refractivity contribution in [1.29, 1.82) is 0 Å². The molecule has 0 aliphatic heterocycles. The summed E-state index contributed by atoms with van der Waals surface area (Å²) in [5.74, 6) is -0.609. The zero-order valence-electron chi connectivity index (χ0n) is 11.1. The van der Waals surface area contributed by atoms with Crippen LogP contribution in [-0.4, -0.2) is 12.5 Å². The Labute approximate surface area is 131 Å². The highest BCUT2D eigenvalue weighted by Crippen LogP contribution is 2.23. The number of benzene rings is 2. The lowest BCUT2D eigenvalue weighted by Crippen LogP contribution is -2.21. The lowest BCUT2D eigenvalue weighted by atomic mass is 10.2. The highest BCUT2D eigenvalue weighted by atomic mass is 35.5. The normalized spacial score (nSPS) is 10.3. The van der Waals surface area contributed by atoms with Crippen molar-refractivity contribution in [3.05, 3.63) is 57.8 Å². The second kappa shape index (κ2) is 6.78. The number of hydrogen-bond donors (Lipinski definition) is 1. The van der Waals surface area contributed by atoms with Crippen LogP contribution in [0.2, 0.25) is 10.0 Å². The first-order valence-corrected chi connectivity index (χ1v) is 6.86. The largest absolute Gasteiger partial charge is 0.483 e. The van der Waals surface area contributed by atoms with Crippen LogP contribution in [0, 0.1) is 12.7 Å². The Morgan fingerprint density at radius 1 is 1.29 bits per heavy atom. The van der Waals surface area contributed by atoms with Gasteiger partial charge in [-0.15, -0.1) is 0 Å². The molecule has 110 valence electrons. The Hall–Kier alpha value is -1.78. The molecular weight excluding hydrogens is 316 g/mol. The molecule has 0 aliphatic carbocycles. The molecule has 0 spiro atoms. The molecule has 3 nitrogen and oxygen atoms in total. The average molecular weight is 328 g/mol. The zero-order valence-corrected chi connectivity index (χ0v) is 12.6. The fourth-order valence-electron chi connectivity index (χ4n) is 1.70. The highest BCUT2D eigenvalue weighted by molar-refractivity contribution is 6.31. The van der Waals surface area contributed by atoms with Gasteiger partial charge in [0.05, 0.1) is 10.7 Å². The van der Waals surface area contributed by atoms with Crippen LogP contribution in [0.4, 0.5) is 10.1 Å². The summed E-state index contributed by atoms with van der Waals surface area (Å²) in [7, 11) is 0. The monoisotopic (exact) mass is 327 g/mol. The first kappa shape index (κ1) is 15.6. The molecule has 0 fully saturated rings. The number of carbonyl (C=O) groups is 1. The van der Waals surface area contributed by atoms with Crippen molar-refractivity contribution < 1.29 is 13.9 Å². The second-order valence-corrected chi connectivity index (χ2v) is 5.19. The third kappa shape index (κ3) is 4.09. The first-order chi connectivity index (χ1) is 9.97. The smallest absolute Gasteiger partial charge is 0.262 e. The lowest BCUT2D eigenvalue weighted by molar-refractivity contribution is -0.118. The van der Waals surface area contributed by atoms with Crippen molar-refractivity contribution in [3.8, 4) is 5.75 Å². The molecule has 0 radical (unpaired) electrons. The fourth-order valence-corrected chi connectivity index (χ4v) is 2.11. The number of amides is 1. The molecule has 0 heterocycles. The summed E-state index contributed by atoms with van der Waals surface area (Å²) < 4.78 is 19.0. The average Bonchev–Trinajstić information content (AvgIpc) is 2.43. The van der Waals surface area contributed by atoms with Gasteiger partial charge >= 0.3 is 0 Å². The van der Waals surface area contributed by atoms with E-state index in [0.29, 0.717) is 10.8 Å². The number of rotatable bonds is 4. The van der Waals surface area contributed by atoms with E-state index in [-0.39, 0.29) is 17.3 Å². The maximum Gasteiger partial charge on any atom is 0.262 e. The van der Waals surface area contributed by atoms with Gasteiger partial charge in [-0.2, -0.15) is 0 Å². The predicted octanol–water partition coefficient (Wildman–Crippen LogP) is 4.46. The third-order valence-corrected chi connectivity index (χ3v) is 3.25. The molecule has 0 aliphatic rings. The summed E-state index contributed by atoms with van der Waals surface area (Å²) in [5.41, 5.74) is 0.827. The molecule has 1 N–H and O–H groups in total. The summed E-state index contributed by atoms with van der Waals surface area (Å²) in [4.78, 5) is 11.8. The summed E-state index contributed by atoms with van der Waals surface area (Å²) in [5, 5.41) is 2.94. The van der Waals surface area contributed by atoms with Gasteiger partial charge in [0, 0.05) is 5.02 Å². The van der Waals surface area contributed by atoms with E-state index in [1.54, 1.807) is 24.3 Å². The molecule has 0 saturated carbocycles. The minimum absolute atomic E-state index is 0.0175. The number of halogens is 3. The summed E-state index contributed by atoms with van der Waals surface area (Å²) in [6, 6.07) is 9.44. The Kier molecular flexibility index (Phi) is 5.04. The quantitative estimate of drug-likeness (QED) is 0.900. The second-order valence-electron chi connectivity index (χ2n) is 4.35. The van der Waals surface area contributed by atoms with Gasteiger partial charge in [0.1, 0.15) is 5.75 Å². The molecule has 6 heteroatoms. The van der Waals surface area contributed by atoms with E-state index in [0.717, 1.165) is 5.56 Å². The fraction of sp³-hybridized carbons (Fsp3) is 0.133. The minimum Gasteiger partial charge on any atom is -0.483 e. The number of anilines is 1. The van der Waals surface area contributed by atoms with Crippen LogP contribution in [0.3, 0.4) is 0 Å². The van der Waals surface area contributed by atoms with Gasteiger partial charge in [-0.3, -0.25) is 4.79 Å². The van der Waals surface area contributed by atoms with E-state index in [1.165, 1.54) is 12.1 Å². The number of carbonyl (C=O) groups excluding carboxylic acids is 1. The van der Waals surface area contributed by atoms with Crippen LogP contribution in [0.25, 0.3) is 0 Å². The first-order valence-electron chi connectivity index (χ1n) is 6.10. The highest BCUT2D eigenvalue weighted by Gasteiger charge is 2.10. The van der Waals surface area contributed by atoms with Crippen molar-refractivity contribution in [2.75, 3.05) is 11.9 Å². The topological polar surface area (TPSA) is 38.3 Å². The molecule has 0 saturated heterocycles. The molecule has 2 aromatic carbocycles. The molecule has 1 amide bonds. The van der Waals surface area contributed by atoms with Gasteiger partial charge in [-0.1, -0.05) is 29.3 Å². The molecule has 0 unspecified atom stereocenters. The van der Waals surface area contributed by atoms with Gasteiger partial charge < -0.3 is 10.1 Å². The third-order valence-electron chi connectivity index (χ3n) is 2.72. The van der Waals surface area contributed by atoms with Gasteiger partial charge in [-0.05, 0) is 42.8 Å². The SMILES string of the molecule is Cc1cc(Cl)ccc1OCC(=O)Nc1cccc(Cl)c1F. The van der Waals surface area contributed by atoms with Crippen LogP contribution in [0.15, 0.2) is 36.4 Å². The van der Waals surface area contributed by atoms with E-state index < -0.39 is 11.7 Å². The van der Waals surface area contributed by atoms with Gasteiger partial charge in [0.15, 0.2) is 12.4 Å². The number of ether oxygens (including phenoxy) is 1. The Morgan fingerprint density at radius 2 is 2.05 bits per heavy atom. The van der Waals surface area contributed by atoms with Crippen LogP contribution >= 0.6 is 23.2 Å². The molecule has 2 rings (SSSR count). The zero-order chi connectivity index (χ0) is 15.4. The van der Waals surface area contributed by atoms with Crippen LogP contribution < -0.4 is 10.1 Å². The Morgan fingerprint density at radius 3 is 2.76 bits per heavy atom. The number of hydrogen-bond acceptors (Lipinski definition) is 2. The van der Waals surface area contributed by atoms with Crippen LogP contribution in [0.5, 0.6) is 5.75 Å². The van der Waals surface area contributed by atoms with Crippen LogP contribution in [0.1, 0.15) is 5.56 Å². The standard InChI is InChI=1S/C15H12Cl2FNO2/c1-9-7-10(16)5-6-13(9)21-8-14(20)19-12-4-2-3-11(17)15(12)18/h2-7H,8H2,1H3,(H,19,20). The molecule has 0 aromatic heterocycles. The minimum atomic E-state index is -0.671. The number of aryl methyl sites for hydroxylation is 1. The summed E-state index contributed by atoms with van der Waals surface area (Å²) in [6.45, 7) is 1.57. The Bertz CT molecular complexity index is 677. The van der Waals surface area contributed by atoms with Crippen molar-refractivity contribution in [2.24, 2.45) is 0 Å². The van der Waals surface area contributed by atoms with E-state index >= 15 is 0 Å². The van der Waals surface area contributed by atoms with E-state index in [9.17, 15) is 9.18 Å². The van der Waals surface area contributed by atoms with E-state index in [1.807, 2.05) is 6.92 Å². The van der Waals surface area contributed by atoms with Gasteiger partial charge in [0.2, 0.25) is 0 Å². The van der Waals surface area contributed by atoms with Crippen molar-refractivity contribution >= 4 is 34.8 Å². The summed E-state index contributed by atoms with van der Waals surface area (Å²) >= 11 is 11.5. The molecule has 0 bridgehead atoms. The maximum absolute atomic E-state index is 13.6.